The summed E-state index contributed by atoms with van der Waals surface area (Å²) in [5, 5.41) is 3.03. The summed E-state index contributed by atoms with van der Waals surface area (Å²) in [6, 6.07) is 11.5. The van der Waals surface area contributed by atoms with Crippen molar-refractivity contribution in [3.8, 4) is 11.5 Å². The van der Waals surface area contributed by atoms with Crippen molar-refractivity contribution in [1.29, 1.82) is 0 Å². The maximum absolute atomic E-state index is 11.8. The van der Waals surface area contributed by atoms with Crippen molar-refractivity contribution < 1.29 is 23.8 Å². The fourth-order valence-corrected chi connectivity index (χ4v) is 2.14. The maximum atomic E-state index is 11.8. The van der Waals surface area contributed by atoms with Crippen LogP contribution in [0.1, 0.15) is 0 Å². The van der Waals surface area contributed by atoms with Gasteiger partial charge in [-0.15, -0.1) is 0 Å². The number of halogens is 2. The minimum absolute atomic E-state index is 0.215. The Labute approximate surface area is 154 Å². The Morgan fingerprint density at radius 2 is 1.68 bits per heavy atom. The van der Waals surface area contributed by atoms with Crippen LogP contribution in [0.3, 0.4) is 0 Å². The number of benzene rings is 2. The number of rotatable bonds is 7. The van der Waals surface area contributed by atoms with E-state index in [1.165, 1.54) is 0 Å². The van der Waals surface area contributed by atoms with E-state index >= 15 is 0 Å². The number of ether oxygens (including phenoxy) is 3. The standard InChI is InChI=1S/C17H15Cl2NO5/c1-23-11-5-7-12(8-6-11)24-10-16(22)25-9-15(21)20-14-4-2-3-13(18)17(14)19/h2-8H,9-10H2,1H3,(H,20,21). The summed E-state index contributed by atoms with van der Waals surface area (Å²) < 4.78 is 15.1. The summed E-state index contributed by atoms with van der Waals surface area (Å²) in [4.78, 5) is 23.4. The van der Waals surface area contributed by atoms with Crippen molar-refractivity contribution >= 4 is 40.8 Å². The molecule has 0 atom stereocenters. The first-order chi connectivity index (χ1) is 12.0. The van der Waals surface area contributed by atoms with Crippen LogP contribution < -0.4 is 14.8 Å². The van der Waals surface area contributed by atoms with Gasteiger partial charge in [-0.25, -0.2) is 4.79 Å². The third kappa shape index (κ3) is 5.85. The van der Waals surface area contributed by atoms with Gasteiger partial charge in [0.05, 0.1) is 22.8 Å². The molecule has 2 rings (SSSR count). The lowest BCUT2D eigenvalue weighted by Crippen LogP contribution is -2.23. The SMILES string of the molecule is COc1ccc(OCC(=O)OCC(=O)Nc2cccc(Cl)c2Cl)cc1. The highest BCUT2D eigenvalue weighted by Crippen LogP contribution is 2.29. The molecule has 0 saturated carbocycles. The minimum atomic E-state index is -0.678. The second kappa shape index (κ2) is 9.15. The summed E-state index contributed by atoms with van der Waals surface area (Å²) in [6.07, 6.45) is 0. The van der Waals surface area contributed by atoms with Crippen LogP contribution in [0.15, 0.2) is 42.5 Å². The summed E-state index contributed by atoms with van der Waals surface area (Å²) in [5.74, 6) is -0.0655. The molecule has 0 fully saturated rings. The first-order valence-corrected chi connectivity index (χ1v) is 7.91. The number of esters is 1. The van der Waals surface area contributed by atoms with Gasteiger partial charge in [0, 0.05) is 0 Å². The molecule has 0 aliphatic rings. The Morgan fingerprint density at radius 1 is 1.00 bits per heavy atom. The van der Waals surface area contributed by atoms with Gasteiger partial charge in [-0.05, 0) is 36.4 Å². The van der Waals surface area contributed by atoms with Gasteiger partial charge in [0.25, 0.3) is 5.91 Å². The molecule has 0 bridgehead atoms. The molecule has 0 aliphatic carbocycles. The molecular weight excluding hydrogens is 369 g/mol. The van der Waals surface area contributed by atoms with Crippen LogP contribution in [0.5, 0.6) is 11.5 Å². The highest BCUT2D eigenvalue weighted by molar-refractivity contribution is 6.44. The second-order valence-electron chi connectivity index (χ2n) is 4.77. The van der Waals surface area contributed by atoms with Gasteiger partial charge < -0.3 is 19.5 Å². The van der Waals surface area contributed by atoms with Gasteiger partial charge in [-0.3, -0.25) is 4.79 Å². The topological polar surface area (TPSA) is 73.9 Å². The Balaban J connectivity index is 1.75. The molecule has 0 unspecified atom stereocenters. The van der Waals surface area contributed by atoms with Gasteiger partial charge in [0.2, 0.25) is 0 Å². The van der Waals surface area contributed by atoms with Crippen molar-refractivity contribution in [2.75, 3.05) is 25.6 Å². The summed E-state index contributed by atoms with van der Waals surface area (Å²) in [5.41, 5.74) is 0.338. The van der Waals surface area contributed by atoms with Crippen LogP contribution in [0.2, 0.25) is 10.0 Å². The lowest BCUT2D eigenvalue weighted by Gasteiger charge is -2.09. The zero-order chi connectivity index (χ0) is 18.2. The number of hydrogen-bond donors (Lipinski definition) is 1. The summed E-state index contributed by atoms with van der Waals surface area (Å²) in [6.45, 7) is -0.787. The van der Waals surface area contributed by atoms with E-state index in [1.54, 1.807) is 49.6 Å². The molecule has 8 heteroatoms. The Morgan fingerprint density at radius 3 is 2.36 bits per heavy atom. The van der Waals surface area contributed by atoms with Crippen LogP contribution in [0, 0.1) is 0 Å². The molecule has 0 aromatic heterocycles. The highest BCUT2D eigenvalue weighted by atomic mass is 35.5. The molecule has 1 N–H and O–H groups in total. The molecule has 25 heavy (non-hydrogen) atoms. The van der Waals surface area contributed by atoms with E-state index < -0.39 is 18.5 Å². The largest absolute Gasteiger partial charge is 0.497 e. The molecule has 132 valence electrons. The number of methoxy groups -OCH3 is 1. The number of hydrogen-bond acceptors (Lipinski definition) is 5. The lowest BCUT2D eigenvalue weighted by molar-refractivity contribution is -0.149. The van der Waals surface area contributed by atoms with E-state index in [4.69, 9.17) is 37.4 Å². The summed E-state index contributed by atoms with van der Waals surface area (Å²) >= 11 is 11.8. The number of amides is 1. The van der Waals surface area contributed by atoms with E-state index in [-0.39, 0.29) is 11.6 Å². The Bertz CT molecular complexity index is 749. The first kappa shape index (κ1) is 18.9. The molecule has 0 spiro atoms. The van der Waals surface area contributed by atoms with E-state index in [1.807, 2.05) is 0 Å². The van der Waals surface area contributed by atoms with E-state index in [0.29, 0.717) is 22.2 Å². The number of carbonyl (C=O) groups excluding carboxylic acids is 2. The quantitative estimate of drug-likeness (QED) is 0.739. The maximum Gasteiger partial charge on any atom is 0.344 e. The fraction of sp³-hybridized carbons (Fsp3) is 0.176. The molecule has 2 aromatic rings. The van der Waals surface area contributed by atoms with Gasteiger partial charge in [-0.2, -0.15) is 0 Å². The zero-order valence-electron chi connectivity index (χ0n) is 13.3. The van der Waals surface area contributed by atoms with Gasteiger partial charge in [0.15, 0.2) is 13.2 Å². The van der Waals surface area contributed by atoms with Crippen LogP contribution in [0.25, 0.3) is 0 Å². The van der Waals surface area contributed by atoms with Crippen LogP contribution in [0.4, 0.5) is 5.69 Å². The average molecular weight is 384 g/mol. The van der Waals surface area contributed by atoms with Crippen molar-refractivity contribution in [2.24, 2.45) is 0 Å². The zero-order valence-corrected chi connectivity index (χ0v) is 14.8. The smallest absolute Gasteiger partial charge is 0.344 e. The third-order valence-corrected chi connectivity index (χ3v) is 3.82. The van der Waals surface area contributed by atoms with Gasteiger partial charge in [-0.1, -0.05) is 29.3 Å². The number of carbonyl (C=O) groups is 2. The second-order valence-corrected chi connectivity index (χ2v) is 5.56. The monoisotopic (exact) mass is 383 g/mol. The predicted octanol–water partition coefficient (Wildman–Crippen LogP) is 3.56. The Hall–Kier alpha value is -2.44. The minimum Gasteiger partial charge on any atom is -0.497 e. The van der Waals surface area contributed by atoms with Gasteiger partial charge >= 0.3 is 5.97 Å². The van der Waals surface area contributed by atoms with Crippen molar-refractivity contribution in [3.05, 3.63) is 52.5 Å². The summed E-state index contributed by atoms with van der Waals surface area (Å²) in [7, 11) is 1.55. The van der Waals surface area contributed by atoms with E-state index in [9.17, 15) is 9.59 Å². The van der Waals surface area contributed by atoms with Crippen LogP contribution in [-0.2, 0) is 14.3 Å². The van der Waals surface area contributed by atoms with Gasteiger partial charge in [0.1, 0.15) is 11.5 Å². The fourth-order valence-electron chi connectivity index (χ4n) is 1.79. The number of nitrogens with one attached hydrogen (secondary N) is 1. The highest BCUT2D eigenvalue weighted by Gasteiger charge is 2.11. The molecular formula is C17H15Cl2NO5. The predicted molar refractivity (Wildman–Crippen MR) is 94.5 cm³/mol. The lowest BCUT2D eigenvalue weighted by atomic mass is 10.3. The Kier molecular flexibility index (Phi) is 6.91. The first-order valence-electron chi connectivity index (χ1n) is 7.16. The third-order valence-electron chi connectivity index (χ3n) is 3.01. The van der Waals surface area contributed by atoms with Crippen LogP contribution in [-0.4, -0.2) is 32.2 Å². The molecule has 0 radical (unpaired) electrons. The van der Waals surface area contributed by atoms with E-state index in [2.05, 4.69) is 5.32 Å². The normalized spacial score (nSPS) is 10.0. The molecule has 0 heterocycles. The van der Waals surface area contributed by atoms with Crippen molar-refractivity contribution in [3.63, 3.8) is 0 Å². The number of anilines is 1. The molecule has 0 aliphatic heterocycles. The van der Waals surface area contributed by atoms with Crippen molar-refractivity contribution in [2.45, 2.75) is 0 Å². The molecule has 2 aromatic carbocycles. The molecule has 6 nitrogen and oxygen atoms in total. The van der Waals surface area contributed by atoms with Crippen LogP contribution >= 0.6 is 23.2 Å². The van der Waals surface area contributed by atoms with Crippen molar-refractivity contribution in [1.82, 2.24) is 0 Å². The van der Waals surface area contributed by atoms with E-state index in [0.717, 1.165) is 0 Å². The molecule has 1 amide bonds. The molecule has 0 saturated heterocycles. The average Bonchev–Trinajstić information content (AvgIpc) is 2.62.